The number of carboxylic acids is 1. The van der Waals surface area contributed by atoms with E-state index in [-0.39, 0.29) is 18.7 Å². The Balaban J connectivity index is 3.92. The van der Waals surface area contributed by atoms with Gasteiger partial charge in [0.1, 0.15) is 0 Å². The summed E-state index contributed by atoms with van der Waals surface area (Å²) in [5.41, 5.74) is 0. The highest BCUT2D eigenvalue weighted by Gasteiger charge is 2.11. The summed E-state index contributed by atoms with van der Waals surface area (Å²) < 4.78 is 0. The molecule has 0 aromatic rings. The van der Waals surface area contributed by atoms with Gasteiger partial charge in [0.2, 0.25) is 5.91 Å². The van der Waals surface area contributed by atoms with E-state index in [1.54, 1.807) is 4.90 Å². The van der Waals surface area contributed by atoms with Gasteiger partial charge in [-0.05, 0) is 12.8 Å². The second-order valence-corrected chi connectivity index (χ2v) is 3.27. The van der Waals surface area contributed by atoms with E-state index in [4.69, 9.17) is 11.5 Å². The fourth-order valence-corrected chi connectivity index (χ4v) is 1.22. The quantitative estimate of drug-likeness (QED) is 0.642. The van der Waals surface area contributed by atoms with Gasteiger partial charge in [0, 0.05) is 19.4 Å². The Morgan fingerprint density at radius 1 is 1.40 bits per heavy atom. The van der Waals surface area contributed by atoms with Crippen LogP contribution in [0.1, 0.15) is 32.6 Å². The minimum absolute atomic E-state index is 0.0295. The lowest BCUT2D eigenvalue weighted by Crippen LogP contribution is -2.31. The molecular formula is C11H17NO3. The summed E-state index contributed by atoms with van der Waals surface area (Å²) in [5.74, 6) is 1.49. The van der Waals surface area contributed by atoms with Crippen molar-refractivity contribution in [3.8, 4) is 12.3 Å². The van der Waals surface area contributed by atoms with Crippen molar-refractivity contribution in [1.82, 2.24) is 4.90 Å². The number of aliphatic carboxylic acids is 1. The summed E-state index contributed by atoms with van der Waals surface area (Å²) in [6.07, 6.45) is 6.65. The number of carboxylic acid groups (broad SMARTS) is 1. The van der Waals surface area contributed by atoms with E-state index in [0.29, 0.717) is 19.5 Å². The number of nitrogens with zero attached hydrogens (tertiary/aromatic N) is 1. The van der Waals surface area contributed by atoms with Crippen molar-refractivity contribution in [2.24, 2.45) is 0 Å². The maximum Gasteiger partial charge on any atom is 0.303 e. The predicted octanol–water partition coefficient (Wildman–Crippen LogP) is 1.11. The molecule has 4 heteroatoms. The first kappa shape index (κ1) is 13.5. The molecule has 0 radical (unpaired) electrons. The summed E-state index contributed by atoms with van der Waals surface area (Å²) in [6.45, 7) is 2.91. The van der Waals surface area contributed by atoms with E-state index in [1.165, 1.54) is 0 Å². The van der Waals surface area contributed by atoms with Crippen LogP contribution in [-0.2, 0) is 9.59 Å². The second-order valence-electron chi connectivity index (χ2n) is 3.27. The number of rotatable bonds is 7. The molecule has 0 heterocycles. The first-order valence-electron chi connectivity index (χ1n) is 5.04. The van der Waals surface area contributed by atoms with Crippen LogP contribution in [0.2, 0.25) is 0 Å². The molecule has 0 aliphatic heterocycles. The molecule has 15 heavy (non-hydrogen) atoms. The van der Waals surface area contributed by atoms with Gasteiger partial charge in [-0.1, -0.05) is 12.8 Å². The molecule has 0 aromatic heterocycles. The first-order valence-corrected chi connectivity index (χ1v) is 5.04. The molecule has 0 fully saturated rings. The van der Waals surface area contributed by atoms with Crippen molar-refractivity contribution in [3.63, 3.8) is 0 Å². The number of carbonyl (C=O) groups excluding carboxylic acids is 1. The van der Waals surface area contributed by atoms with E-state index < -0.39 is 5.97 Å². The van der Waals surface area contributed by atoms with Crippen molar-refractivity contribution < 1.29 is 14.7 Å². The Kier molecular flexibility index (Phi) is 7.08. The van der Waals surface area contributed by atoms with Crippen LogP contribution in [0.3, 0.4) is 0 Å². The molecule has 0 aliphatic rings. The molecule has 0 unspecified atom stereocenters. The molecule has 0 saturated heterocycles. The summed E-state index contributed by atoms with van der Waals surface area (Å²) in [5, 5.41) is 8.41. The molecule has 0 bridgehead atoms. The van der Waals surface area contributed by atoms with Crippen molar-refractivity contribution in [1.29, 1.82) is 0 Å². The Morgan fingerprint density at radius 3 is 2.53 bits per heavy atom. The zero-order valence-corrected chi connectivity index (χ0v) is 9.03. The monoisotopic (exact) mass is 211 g/mol. The lowest BCUT2D eigenvalue weighted by atomic mass is 10.2. The minimum Gasteiger partial charge on any atom is -0.481 e. The average Bonchev–Trinajstić information content (AvgIpc) is 2.16. The number of amides is 1. The van der Waals surface area contributed by atoms with Crippen LogP contribution < -0.4 is 0 Å². The zero-order valence-electron chi connectivity index (χ0n) is 9.03. The summed E-state index contributed by atoms with van der Waals surface area (Å²) in [7, 11) is 0. The third-order valence-corrected chi connectivity index (χ3v) is 1.91. The Hall–Kier alpha value is -1.50. The smallest absolute Gasteiger partial charge is 0.303 e. The van der Waals surface area contributed by atoms with Crippen LogP contribution in [-0.4, -0.2) is 35.0 Å². The van der Waals surface area contributed by atoms with Crippen molar-refractivity contribution in [2.45, 2.75) is 32.6 Å². The summed E-state index contributed by atoms with van der Waals surface area (Å²) in [6, 6.07) is 0. The van der Waals surface area contributed by atoms with Crippen LogP contribution in [0.25, 0.3) is 0 Å². The molecule has 4 nitrogen and oxygen atoms in total. The van der Waals surface area contributed by atoms with E-state index in [9.17, 15) is 9.59 Å². The highest BCUT2D eigenvalue weighted by Crippen LogP contribution is 2.01. The van der Waals surface area contributed by atoms with Gasteiger partial charge in [-0.2, -0.15) is 0 Å². The fourth-order valence-electron chi connectivity index (χ4n) is 1.22. The second kappa shape index (κ2) is 7.86. The van der Waals surface area contributed by atoms with Crippen molar-refractivity contribution in [3.05, 3.63) is 0 Å². The van der Waals surface area contributed by atoms with E-state index >= 15 is 0 Å². The molecule has 0 aromatic carbocycles. The van der Waals surface area contributed by atoms with Crippen LogP contribution in [0.5, 0.6) is 0 Å². The van der Waals surface area contributed by atoms with E-state index in [0.717, 1.165) is 6.42 Å². The maximum absolute atomic E-state index is 11.5. The molecule has 84 valence electrons. The lowest BCUT2D eigenvalue weighted by molar-refractivity contribution is -0.137. The molecule has 0 rings (SSSR count). The standard InChI is InChI=1S/C11H17NO3/c1-3-8-12(9-4-2)10(13)6-5-7-11(14)15/h1H,4-9H2,2H3,(H,14,15). The largest absolute Gasteiger partial charge is 0.481 e. The molecule has 1 amide bonds. The fraction of sp³-hybridized carbons (Fsp3) is 0.636. The lowest BCUT2D eigenvalue weighted by Gasteiger charge is -2.19. The molecule has 1 N–H and O–H groups in total. The van der Waals surface area contributed by atoms with Gasteiger partial charge >= 0.3 is 5.97 Å². The van der Waals surface area contributed by atoms with E-state index in [2.05, 4.69) is 5.92 Å². The highest BCUT2D eigenvalue weighted by atomic mass is 16.4. The number of hydrogen-bond donors (Lipinski definition) is 1. The van der Waals surface area contributed by atoms with Crippen LogP contribution in [0, 0.1) is 12.3 Å². The van der Waals surface area contributed by atoms with Crippen molar-refractivity contribution >= 4 is 11.9 Å². The third kappa shape index (κ3) is 6.55. The number of hydrogen-bond acceptors (Lipinski definition) is 2. The summed E-state index contributed by atoms with van der Waals surface area (Å²) >= 11 is 0. The first-order chi connectivity index (χ1) is 7.11. The van der Waals surface area contributed by atoms with Gasteiger partial charge in [0.15, 0.2) is 0 Å². The molecular weight excluding hydrogens is 194 g/mol. The maximum atomic E-state index is 11.5. The van der Waals surface area contributed by atoms with Gasteiger partial charge in [0.05, 0.1) is 6.54 Å². The van der Waals surface area contributed by atoms with Crippen molar-refractivity contribution in [2.75, 3.05) is 13.1 Å². The Labute approximate surface area is 90.3 Å². The van der Waals surface area contributed by atoms with Gasteiger partial charge < -0.3 is 10.0 Å². The number of carbonyl (C=O) groups is 2. The predicted molar refractivity (Wildman–Crippen MR) is 57.2 cm³/mol. The number of terminal acetylenes is 1. The summed E-state index contributed by atoms with van der Waals surface area (Å²) in [4.78, 5) is 23.4. The van der Waals surface area contributed by atoms with E-state index in [1.807, 2.05) is 6.92 Å². The third-order valence-electron chi connectivity index (χ3n) is 1.91. The van der Waals surface area contributed by atoms with Crippen LogP contribution in [0.15, 0.2) is 0 Å². The van der Waals surface area contributed by atoms with Crippen LogP contribution >= 0.6 is 0 Å². The molecule has 0 atom stereocenters. The SMILES string of the molecule is C#CCN(CCC)C(=O)CCCC(=O)O. The van der Waals surface area contributed by atoms with Crippen LogP contribution in [0.4, 0.5) is 0 Å². The molecule has 0 saturated carbocycles. The topological polar surface area (TPSA) is 57.6 Å². The van der Waals surface area contributed by atoms with Gasteiger partial charge in [-0.25, -0.2) is 0 Å². The zero-order chi connectivity index (χ0) is 11.7. The molecule has 0 spiro atoms. The molecule has 0 aliphatic carbocycles. The minimum atomic E-state index is -0.873. The normalized spacial score (nSPS) is 9.33. The Morgan fingerprint density at radius 2 is 2.07 bits per heavy atom. The highest BCUT2D eigenvalue weighted by molar-refractivity contribution is 5.77. The van der Waals surface area contributed by atoms with Gasteiger partial charge in [0.25, 0.3) is 0 Å². The van der Waals surface area contributed by atoms with Gasteiger partial charge in [-0.15, -0.1) is 6.42 Å². The Bertz CT molecular complexity index is 255. The van der Waals surface area contributed by atoms with Gasteiger partial charge in [-0.3, -0.25) is 9.59 Å². The average molecular weight is 211 g/mol.